The van der Waals surface area contributed by atoms with E-state index in [1.54, 1.807) is 24.4 Å². The van der Waals surface area contributed by atoms with Crippen molar-refractivity contribution < 1.29 is 24.2 Å². The zero-order valence-electron chi connectivity index (χ0n) is 23.5. The molecule has 1 N–H and O–H groups in total. The fraction of sp³-hybridized carbons (Fsp3) is 0.139. The van der Waals surface area contributed by atoms with Crippen LogP contribution in [0.25, 0.3) is 17.0 Å². The topological polar surface area (TPSA) is 85.7 Å². The number of pyridine rings is 1. The Bertz CT molecular complexity index is 1780. The van der Waals surface area contributed by atoms with Crippen LogP contribution in [0.4, 0.5) is 0 Å². The standard InChI is InChI=1S/C36H31NO5/c1-3-26-12-8-9-13-29(26)35(40)31-22-37-32-21-28(41-23-25-10-6-5-7-11-25)16-17-30(32)36(31)42-33-18-14-24(15-19-34(38)39)20-27(33)4-2/h5-22H,3-4,23H2,1-2H3,(H,38,39)/b19-15+. The van der Waals surface area contributed by atoms with Crippen molar-refractivity contribution in [1.82, 2.24) is 4.98 Å². The van der Waals surface area contributed by atoms with E-state index < -0.39 is 5.97 Å². The smallest absolute Gasteiger partial charge is 0.328 e. The summed E-state index contributed by atoms with van der Waals surface area (Å²) < 4.78 is 12.6. The van der Waals surface area contributed by atoms with E-state index in [4.69, 9.17) is 14.6 Å². The third-order valence-corrected chi connectivity index (χ3v) is 7.02. The minimum atomic E-state index is -1.01. The van der Waals surface area contributed by atoms with E-state index in [1.165, 1.54) is 0 Å². The van der Waals surface area contributed by atoms with Gasteiger partial charge in [-0.3, -0.25) is 9.78 Å². The van der Waals surface area contributed by atoms with Crippen molar-refractivity contribution >= 4 is 28.7 Å². The van der Waals surface area contributed by atoms with Gasteiger partial charge in [0.05, 0.1) is 11.1 Å². The van der Waals surface area contributed by atoms with Crippen LogP contribution >= 0.6 is 0 Å². The predicted octanol–water partition coefficient (Wildman–Crippen LogP) is 8.06. The lowest BCUT2D eigenvalue weighted by molar-refractivity contribution is -0.131. The first-order valence-electron chi connectivity index (χ1n) is 13.9. The number of carbonyl (C=O) groups excluding carboxylic acids is 1. The van der Waals surface area contributed by atoms with Crippen LogP contribution in [-0.4, -0.2) is 21.8 Å². The second-order valence-electron chi connectivity index (χ2n) is 9.79. The van der Waals surface area contributed by atoms with Gasteiger partial charge >= 0.3 is 5.97 Å². The average molecular weight is 558 g/mol. The summed E-state index contributed by atoms with van der Waals surface area (Å²) in [5.74, 6) is 0.470. The van der Waals surface area contributed by atoms with Crippen molar-refractivity contribution in [3.63, 3.8) is 0 Å². The number of nitrogens with zero attached hydrogens (tertiary/aromatic N) is 1. The number of rotatable bonds is 11. The lowest BCUT2D eigenvalue weighted by atomic mass is 9.96. The largest absolute Gasteiger partial charge is 0.489 e. The van der Waals surface area contributed by atoms with Gasteiger partial charge in [0.25, 0.3) is 0 Å². The summed E-state index contributed by atoms with van der Waals surface area (Å²) in [5.41, 5.74) is 5.23. The van der Waals surface area contributed by atoms with Gasteiger partial charge in [0, 0.05) is 29.3 Å². The Morgan fingerprint density at radius 2 is 1.60 bits per heavy atom. The van der Waals surface area contributed by atoms with Crippen molar-refractivity contribution in [3.05, 3.63) is 137 Å². The van der Waals surface area contributed by atoms with Gasteiger partial charge in [-0.25, -0.2) is 4.79 Å². The third kappa shape index (κ3) is 6.39. The van der Waals surface area contributed by atoms with Crippen molar-refractivity contribution in [2.75, 3.05) is 0 Å². The van der Waals surface area contributed by atoms with Crippen LogP contribution < -0.4 is 9.47 Å². The lowest BCUT2D eigenvalue weighted by Gasteiger charge is -2.17. The monoisotopic (exact) mass is 557 g/mol. The van der Waals surface area contributed by atoms with Gasteiger partial charge in [-0.2, -0.15) is 0 Å². The second kappa shape index (κ2) is 13.0. The van der Waals surface area contributed by atoms with E-state index in [0.717, 1.165) is 28.3 Å². The zero-order chi connectivity index (χ0) is 29.5. The fourth-order valence-corrected chi connectivity index (χ4v) is 4.80. The summed E-state index contributed by atoms with van der Waals surface area (Å²) in [7, 11) is 0. The molecule has 0 bridgehead atoms. The van der Waals surface area contributed by atoms with Gasteiger partial charge < -0.3 is 14.6 Å². The predicted molar refractivity (Wildman–Crippen MR) is 164 cm³/mol. The summed E-state index contributed by atoms with van der Waals surface area (Å²) in [5, 5.41) is 9.70. The molecule has 0 aliphatic carbocycles. The first-order valence-corrected chi connectivity index (χ1v) is 13.9. The average Bonchev–Trinajstić information content (AvgIpc) is 3.03. The highest BCUT2D eigenvalue weighted by Gasteiger charge is 2.22. The van der Waals surface area contributed by atoms with Crippen LogP contribution in [0.15, 0.2) is 103 Å². The molecule has 0 atom stereocenters. The maximum absolute atomic E-state index is 14.0. The number of hydrogen-bond acceptors (Lipinski definition) is 5. The van der Waals surface area contributed by atoms with Crippen molar-refractivity contribution in [2.24, 2.45) is 0 Å². The quantitative estimate of drug-likeness (QED) is 0.131. The van der Waals surface area contributed by atoms with Crippen molar-refractivity contribution in [1.29, 1.82) is 0 Å². The van der Waals surface area contributed by atoms with E-state index in [-0.39, 0.29) is 5.78 Å². The molecule has 0 spiro atoms. The molecule has 0 saturated carbocycles. The van der Waals surface area contributed by atoms with Crippen molar-refractivity contribution in [2.45, 2.75) is 33.3 Å². The van der Waals surface area contributed by atoms with Crippen LogP contribution in [0.2, 0.25) is 0 Å². The zero-order valence-corrected chi connectivity index (χ0v) is 23.5. The first kappa shape index (κ1) is 28.3. The second-order valence-corrected chi connectivity index (χ2v) is 9.79. The number of carboxylic acids is 1. The lowest BCUT2D eigenvalue weighted by Crippen LogP contribution is -2.08. The molecule has 5 rings (SSSR count). The number of aliphatic carboxylic acids is 1. The van der Waals surface area contributed by atoms with Crippen LogP contribution in [-0.2, 0) is 24.2 Å². The number of aryl methyl sites for hydroxylation is 2. The van der Waals surface area contributed by atoms with Gasteiger partial charge in [-0.15, -0.1) is 0 Å². The van der Waals surface area contributed by atoms with Crippen LogP contribution in [0.3, 0.4) is 0 Å². The molecule has 6 heteroatoms. The molecule has 42 heavy (non-hydrogen) atoms. The number of carboxylic acid groups (broad SMARTS) is 1. The minimum Gasteiger partial charge on any atom is -0.489 e. The first-order chi connectivity index (χ1) is 20.5. The fourth-order valence-electron chi connectivity index (χ4n) is 4.80. The van der Waals surface area contributed by atoms with Gasteiger partial charge in [0.2, 0.25) is 0 Å². The third-order valence-electron chi connectivity index (χ3n) is 7.02. The van der Waals surface area contributed by atoms with Gasteiger partial charge in [-0.05, 0) is 65.4 Å². The molecule has 0 saturated heterocycles. The van der Waals surface area contributed by atoms with E-state index in [0.29, 0.717) is 58.7 Å². The molecule has 1 aromatic heterocycles. The Balaban J connectivity index is 1.58. The Morgan fingerprint density at radius 1 is 0.833 bits per heavy atom. The molecule has 0 fully saturated rings. The number of aromatic nitrogens is 1. The molecule has 0 radical (unpaired) electrons. The maximum Gasteiger partial charge on any atom is 0.328 e. The number of hydrogen-bond donors (Lipinski definition) is 1. The van der Waals surface area contributed by atoms with E-state index in [1.807, 2.05) is 92.7 Å². The molecule has 210 valence electrons. The van der Waals surface area contributed by atoms with Gasteiger partial charge in [0.15, 0.2) is 5.78 Å². The molecular weight excluding hydrogens is 526 g/mol. The normalized spacial score (nSPS) is 11.1. The van der Waals surface area contributed by atoms with Crippen LogP contribution in [0, 0.1) is 0 Å². The molecular formula is C36H31NO5. The van der Waals surface area contributed by atoms with Crippen LogP contribution in [0.1, 0.15) is 52.0 Å². The van der Waals surface area contributed by atoms with Crippen molar-refractivity contribution in [3.8, 4) is 17.2 Å². The summed E-state index contributed by atoms with van der Waals surface area (Å²) in [6, 6.07) is 28.5. The molecule has 4 aromatic carbocycles. The molecule has 1 heterocycles. The number of carbonyl (C=O) groups is 2. The SMILES string of the molecule is CCc1cc(/C=C/C(=O)O)ccc1Oc1c(C(=O)c2ccccc2CC)cnc2cc(OCc3ccccc3)ccc12. The molecule has 0 aliphatic rings. The van der Waals surface area contributed by atoms with E-state index >= 15 is 0 Å². The molecule has 0 unspecified atom stereocenters. The highest BCUT2D eigenvalue weighted by molar-refractivity contribution is 6.14. The maximum atomic E-state index is 14.0. The van der Waals surface area contributed by atoms with Gasteiger partial charge in [-0.1, -0.05) is 74.5 Å². The van der Waals surface area contributed by atoms with Crippen LogP contribution in [0.5, 0.6) is 17.2 Å². The Morgan fingerprint density at radius 3 is 2.36 bits per heavy atom. The minimum absolute atomic E-state index is 0.166. The summed E-state index contributed by atoms with van der Waals surface area (Å²) in [6.45, 7) is 4.44. The molecule has 6 nitrogen and oxygen atoms in total. The number of ketones is 1. The Hall–Kier alpha value is -5.23. The summed E-state index contributed by atoms with van der Waals surface area (Å²) in [4.78, 5) is 29.6. The number of fused-ring (bicyclic) bond motifs is 1. The molecule has 0 aliphatic heterocycles. The summed E-state index contributed by atoms with van der Waals surface area (Å²) in [6.07, 6.45) is 5.58. The Labute approximate surface area is 244 Å². The number of benzene rings is 4. The van der Waals surface area contributed by atoms with E-state index in [9.17, 15) is 9.59 Å². The number of ether oxygens (including phenoxy) is 2. The molecule has 5 aromatic rings. The molecule has 0 amide bonds. The van der Waals surface area contributed by atoms with Gasteiger partial charge in [0.1, 0.15) is 23.9 Å². The highest BCUT2D eigenvalue weighted by Crippen LogP contribution is 2.37. The van der Waals surface area contributed by atoms with E-state index in [2.05, 4.69) is 4.98 Å². The highest BCUT2D eigenvalue weighted by atomic mass is 16.5. The Kier molecular flexibility index (Phi) is 8.73. The summed E-state index contributed by atoms with van der Waals surface area (Å²) >= 11 is 0.